The molecular weight excluding hydrogens is 455 g/mol. The molecule has 1 aliphatic heterocycles. The summed E-state index contributed by atoms with van der Waals surface area (Å²) in [6.45, 7) is 1.77. The number of rotatable bonds is 6. The van der Waals surface area contributed by atoms with Crippen LogP contribution in [0.4, 0.5) is 13.2 Å². The zero-order chi connectivity index (χ0) is 24.1. The number of carbonyl (C=O) groups excluding carboxylic acids is 3. The van der Waals surface area contributed by atoms with Crippen LogP contribution >= 0.6 is 11.3 Å². The number of thiophene rings is 1. The minimum absolute atomic E-state index is 0.0319. The Morgan fingerprint density at radius 1 is 1.34 bits per heavy atom. The number of carbonyl (C=O) groups is 3. The van der Waals surface area contributed by atoms with E-state index >= 15 is 0 Å². The van der Waals surface area contributed by atoms with Crippen molar-refractivity contribution in [2.75, 3.05) is 26.3 Å². The van der Waals surface area contributed by atoms with Gasteiger partial charge in [-0.15, -0.1) is 11.3 Å². The van der Waals surface area contributed by atoms with Crippen LogP contribution in [0.15, 0.2) is 23.5 Å². The fourth-order valence-corrected chi connectivity index (χ4v) is 3.53. The molecule has 1 atom stereocenters. The highest BCUT2D eigenvalue weighted by molar-refractivity contribution is 7.16. The maximum absolute atomic E-state index is 12.6. The Bertz CT molecular complexity index is 955. The Balaban J connectivity index is 2.01. The summed E-state index contributed by atoms with van der Waals surface area (Å²) in [5.41, 5.74) is -0.189. The van der Waals surface area contributed by atoms with Crippen LogP contribution in [0.1, 0.15) is 21.5 Å². The molecule has 5 N–H and O–H groups in total. The minimum Gasteiger partial charge on any atom is -0.512 e. The molecule has 0 radical (unpaired) electrons. The van der Waals surface area contributed by atoms with Crippen molar-refractivity contribution in [2.24, 2.45) is 0 Å². The largest absolute Gasteiger partial charge is 0.512 e. The van der Waals surface area contributed by atoms with E-state index in [0.717, 1.165) is 6.21 Å². The zero-order valence-electron chi connectivity index (χ0n) is 16.7. The molecule has 0 saturated carbocycles. The van der Waals surface area contributed by atoms with Crippen LogP contribution in [-0.4, -0.2) is 78.3 Å². The third kappa shape index (κ3) is 6.13. The highest BCUT2D eigenvalue weighted by Crippen LogP contribution is 2.19. The summed E-state index contributed by atoms with van der Waals surface area (Å²) in [6.07, 6.45) is -4.40. The normalized spacial score (nSPS) is 17.2. The topological polar surface area (TPSA) is 156 Å². The Hall–Kier alpha value is -3.26. The molecular formula is C18H20F3N5O5S. The number of amides is 3. The molecule has 1 aliphatic rings. The van der Waals surface area contributed by atoms with Crippen molar-refractivity contribution in [3.05, 3.63) is 33.2 Å². The second kappa shape index (κ2) is 10.4. The molecule has 1 aromatic heterocycles. The first-order chi connectivity index (χ1) is 15.0. The van der Waals surface area contributed by atoms with Gasteiger partial charge in [-0.05, 0) is 19.1 Å². The maximum Gasteiger partial charge on any atom is 0.471 e. The van der Waals surface area contributed by atoms with E-state index in [4.69, 9.17) is 15.6 Å². The number of hydrogen-bond donors (Lipinski definition) is 5. The number of nitrogens with one attached hydrogen (secondary N) is 4. The summed E-state index contributed by atoms with van der Waals surface area (Å²) >= 11 is 0.707. The Labute approximate surface area is 184 Å². The lowest BCUT2D eigenvalue weighted by atomic mass is 10.1. The molecule has 3 amide bonds. The van der Waals surface area contributed by atoms with Crippen LogP contribution in [0.3, 0.4) is 0 Å². The first-order valence-corrected chi connectivity index (χ1v) is 9.91. The SMILES string of the molecule is C/C(O)=C(/C=N)C(=O)N1CCOCC1CNC(=O)c1ccc(C(=N)NC(=O)C(F)(F)F)s1. The van der Waals surface area contributed by atoms with E-state index in [1.165, 1.54) is 29.3 Å². The van der Waals surface area contributed by atoms with E-state index in [2.05, 4.69) is 5.32 Å². The van der Waals surface area contributed by atoms with E-state index in [-0.39, 0.29) is 47.4 Å². The maximum atomic E-state index is 12.6. The first kappa shape index (κ1) is 25.0. The Kier molecular flexibility index (Phi) is 8.10. The van der Waals surface area contributed by atoms with Gasteiger partial charge in [0.05, 0.1) is 34.6 Å². The van der Waals surface area contributed by atoms with Gasteiger partial charge < -0.3 is 30.8 Å². The average molecular weight is 475 g/mol. The number of alkyl halides is 3. The van der Waals surface area contributed by atoms with Gasteiger partial charge in [0.1, 0.15) is 11.6 Å². The van der Waals surface area contributed by atoms with Gasteiger partial charge in [-0.1, -0.05) is 0 Å². The van der Waals surface area contributed by atoms with Crippen molar-refractivity contribution >= 4 is 41.1 Å². The molecule has 32 heavy (non-hydrogen) atoms. The molecule has 10 nitrogen and oxygen atoms in total. The van der Waals surface area contributed by atoms with E-state index in [0.29, 0.717) is 11.3 Å². The number of halogens is 3. The zero-order valence-corrected chi connectivity index (χ0v) is 17.5. The second-order valence-electron chi connectivity index (χ2n) is 6.57. The third-order valence-corrected chi connectivity index (χ3v) is 5.42. The van der Waals surface area contributed by atoms with Gasteiger partial charge in [0, 0.05) is 19.3 Å². The van der Waals surface area contributed by atoms with E-state index in [9.17, 15) is 32.7 Å². The van der Waals surface area contributed by atoms with Crippen LogP contribution < -0.4 is 10.6 Å². The summed E-state index contributed by atoms with van der Waals surface area (Å²) in [5.74, 6) is -4.59. The van der Waals surface area contributed by atoms with Crippen LogP contribution in [-0.2, 0) is 14.3 Å². The fourth-order valence-electron chi connectivity index (χ4n) is 2.70. The van der Waals surface area contributed by atoms with Crippen molar-refractivity contribution < 1.29 is 37.4 Å². The highest BCUT2D eigenvalue weighted by Gasteiger charge is 2.39. The van der Waals surface area contributed by atoms with E-state index in [1.807, 2.05) is 0 Å². The average Bonchev–Trinajstić information content (AvgIpc) is 3.22. The van der Waals surface area contributed by atoms with E-state index in [1.54, 1.807) is 0 Å². The number of allylic oxidation sites excluding steroid dienone is 1. The van der Waals surface area contributed by atoms with Gasteiger partial charge in [0.25, 0.3) is 11.8 Å². The molecule has 2 heterocycles. The summed E-state index contributed by atoms with van der Waals surface area (Å²) in [5, 5.41) is 28.5. The van der Waals surface area contributed by atoms with Crippen molar-refractivity contribution in [3.8, 4) is 0 Å². The van der Waals surface area contributed by atoms with Crippen molar-refractivity contribution in [3.63, 3.8) is 0 Å². The van der Waals surface area contributed by atoms with Crippen molar-refractivity contribution in [1.82, 2.24) is 15.5 Å². The Morgan fingerprint density at radius 2 is 2.00 bits per heavy atom. The van der Waals surface area contributed by atoms with Gasteiger partial charge in [-0.2, -0.15) is 13.2 Å². The number of morpholine rings is 1. The van der Waals surface area contributed by atoms with E-state index < -0.39 is 35.8 Å². The smallest absolute Gasteiger partial charge is 0.471 e. The number of ether oxygens (including phenoxy) is 1. The summed E-state index contributed by atoms with van der Waals surface area (Å²) < 4.78 is 42.2. The molecule has 0 aromatic carbocycles. The highest BCUT2D eigenvalue weighted by atomic mass is 32.1. The van der Waals surface area contributed by atoms with Crippen LogP contribution in [0.25, 0.3) is 0 Å². The number of aliphatic hydroxyl groups excluding tert-OH is 1. The fraction of sp³-hybridized carbons (Fsp3) is 0.389. The lowest BCUT2D eigenvalue weighted by Crippen LogP contribution is -2.54. The molecule has 1 unspecified atom stereocenters. The van der Waals surface area contributed by atoms with Crippen LogP contribution in [0.5, 0.6) is 0 Å². The third-order valence-electron chi connectivity index (χ3n) is 4.32. The molecule has 1 aromatic rings. The molecule has 0 spiro atoms. The van der Waals surface area contributed by atoms with Crippen molar-refractivity contribution in [2.45, 2.75) is 19.1 Å². The Morgan fingerprint density at radius 3 is 2.59 bits per heavy atom. The van der Waals surface area contributed by atoms with Gasteiger partial charge in [0.15, 0.2) is 0 Å². The molecule has 1 fully saturated rings. The van der Waals surface area contributed by atoms with Gasteiger partial charge >= 0.3 is 12.1 Å². The van der Waals surface area contributed by atoms with Gasteiger partial charge in [0.2, 0.25) is 0 Å². The number of nitrogens with zero attached hydrogens (tertiary/aromatic N) is 1. The number of aliphatic hydroxyl groups is 1. The summed E-state index contributed by atoms with van der Waals surface area (Å²) in [7, 11) is 0. The summed E-state index contributed by atoms with van der Waals surface area (Å²) in [4.78, 5) is 37.3. The standard InChI is InChI=1S/C18H20F3N5O5S/c1-9(27)11(6-22)16(29)26-4-5-31-8-10(26)7-24-15(28)13-3-2-12(32-13)14(23)25-17(30)18(19,20)21/h2-3,6,10,22,27H,4-5,7-8H2,1H3,(H,24,28)(H2,23,25,30)/b11-9+,22-6?. The van der Waals surface area contributed by atoms with Crippen LogP contribution in [0.2, 0.25) is 0 Å². The van der Waals surface area contributed by atoms with Crippen molar-refractivity contribution in [1.29, 1.82) is 10.8 Å². The molecule has 0 bridgehead atoms. The first-order valence-electron chi connectivity index (χ1n) is 9.09. The quantitative estimate of drug-likeness (QED) is 0.181. The number of hydrogen-bond acceptors (Lipinski definition) is 8. The number of amidine groups is 1. The lowest BCUT2D eigenvalue weighted by Gasteiger charge is -2.35. The minimum atomic E-state index is -5.14. The predicted molar refractivity (Wildman–Crippen MR) is 108 cm³/mol. The molecule has 174 valence electrons. The molecule has 0 aliphatic carbocycles. The monoisotopic (exact) mass is 475 g/mol. The lowest BCUT2D eigenvalue weighted by molar-refractivity contribution is -0.171. The molecule has 2 rings (SSSR count). The molecule has 1 saturated heterocycles. The van der Waals surface area contributed by atoms with Gasteiger partial charge in [-0.25, -0.2) is 0 Å². The molecule has 14 heteroatoms. The van der Waals surface area contributed by atoms with Crippen LogP contribution in [0, 0.1) is 10.8 Å². The predicted octanol–water partition coefficient (Wildman–Crippen LogP) is 1.19. The van der Waals surface area contributed by atoms with Gasteiger partial charge in [-0.3, -0.25) is 19.8 Å². The summed E-state index contributed by atoms with van der Waals surface area (Å²) in [6, 6.07) is 1.93. The second-order valence-corrected chi connectivity index (χ2v) is 7.66.